The summed E-state index contributed by atoms with van der Waals surface area (Å²) in [6.07, 6.45) is 1.76. The maximum atomic E-state index is 12.9. The van der Waals surface area contributed by atoms with E-state index in [1.165, 1.54) is 18.2 Å². The Bertz CT molecular complexity index is 758. The van der Waals surface area contributed by atoms with Gasteiger partial charge >= 0.3 is 0 Å². The number of fused-ring (bicyclic) bond motifs is 1. The maximum Gasteiger partial charge on any atom is 0.142 e. The van der Waals surface area contributed by atoms with Gasteiger partial charge in [-0.25, -0.2) is 4.39 Å². The number of nitrogens with two attached hydrogens (primary N) is 1. The second kappa shape index (κ2) is 5.17. The molecule has 0 unspecified atom stereocenters. The Balaban J connectivity index is 1.79. The predicted molar refractivity (Wildman–Crippen MR) is 76.9 cm³/mol. The Hall–Kier alpha value is -2.62. The van der Waals surface area contributed by atoms with Crippen LogP contribution in [-0.2, 0) is 6.61 Å². The Kier molecular flexibility index (Phi) is 3.21. The molecule has 0 saturated carbocycles. The second-order valence-electron chi connectivity index (χ2n) is 4.50. The number of benzene rings is 2. The van der Waals surface area contributed by atoms with Crippen LogP contribution in [-0.4, -0.2) is 4.98 Å². The average molecular weight is 268 g/mol. The van der Waals surface area contributed by atoms with Crippen molar-refractivity contribution < 1.29 is 9.13 Å². The van der Waals surface area contributed by atoms with Gasteiger partial charge in [0.25, 0.3) is 0 Å². The van der Waals surface area contributed by atoms with Crippen LogP contribution in [0.5, 0.6) is 5.75 Å². The molecule has 0 bridgehead atoms. The first-order valence-electron chi connectivity index (χ1n) is 6.24. The minimum absolute atomic E-state index is 0.299. The molecule has 0 aliphatic carbocycles. The molecule has 4 heteroatoms. The van der Waals surface area contributed by atoms with Crippen LogP contribution >= 0.6 is 0 Å². The lowest BCUT2D eigenvalue weighted by Gasteiger charge is -2.09. The third kappa shape index (κ3) is 2.54. The van der Waals surface area contributed by atoms with Gasteiger partial charge in [-0.2, -0.15) is 0 Å². The molecule has 1 aromatic heterocycles. The highest BCUT2D eigenvalue weighted by molar-refractivity contribution is 5.78. The average Bonchev–Trinajstić information content (AvgIpc) is 2.46. The van der Waals surface area contributed by atoms with E-state index in [1.54, 1.807) is 6.20 Å². The van der Waals surface area contributed by atoms with Gasteiger partial charge < -0.3 is 10.5 Å². The topological polar surface area (TPSA) is 48.1 Å². The van der Waals surface area contributed by atoms with Gasteiger partial charge in [0, 0.05) is 17.6 Å². The highest BCUT2D eigenvalue weighted by Gasteiger charge is 2.03. The molecule has 3 aromatic rings. The number of halogens is 1. The van der Waals surface area contributed by atoms with E-state index in [1.807, 2.05) is 30.3 Å². The third-order valence-corrected chi connectivity index (χ3v) is 3.03. The van der Waals surface area contributed by atoms with Crippen LogP contribution in [0.15, 0.2) is 54.7 Å². The Morgan fingerprint density at radius 2 is 2.00 bits per heavy atom. The minimum Gasteiger partial charge on any atom is -0.487 e. The number of rotatable bonds is 3. The normalized spacial score (nSPS) is 10.7. The third-order valence-electron chi connectivity index (χ3n) is 3.03. The van der Waals surface area contributed by atoms with E-state index >= 15 is 0 Å². The summed E-state index contributed by atoms with van der Waals surface area (Å²) in [4.78, 5) is 4.26. The molecule has 100 valence electrons. The summed E-state index contributed by atoms with van der Waals surface area (Å²) in [6.45, 7) is 0.376. The van der Waals surface area contributed by atoms with Crippen LogP contribution in [0.3, 0.4) is 0 Å². The smallest absolute Gasteiger partial charge is 0.142 e. The first kappa shape index (κ1) is 12.4. The molecule has 2 aromatic carbocycles. The van der Waals surface area contributed by atoms with Gasteiger partial charge in [-0.3, -0.25) is 4.98 Å². The van der Waals surface area contributed by atoms with Crippen molar-refractivity contribution in [3.8, 4) is 5.75 Å². The molecule has 0 saturated heterocycles. The standard InChI is InChI=1S/C16H13FN2O/c17-13-4-6-16(14(18)9-13)20-10-11-3-5-15-12(8-11)2-1-7-19-15/h1-9H,10,18H2. The number of nitrogen functional groups attached to an aromatic ring is 1. The molecule has 2 N–H and O–H groups in total. The maximum absolute atomic E-state index is 12.9. The summed E-state index contributed by atoms with van der Waals surface area (Å²) in [5.74, 6) is 0.115. The lowest BCUT2D eigenvalue weighted by molar-refractivity contribution is 0.307. The van der Waals surface area contributed by atoms with Gasteiger partial charge in [0.05, 0.1) is 11.2 Å². The van der Waals surface area contributed by atoms with E-state index < -0.39 is 0 Å². The summed E-state index contributed by atoms with van der Waals surface area (Å²) < 4.78 is 18.6. The predicted octanol–water partition coefficient (Wildman–Crippen LogP) is 3.54. The van der Waals surface area contributed by atoms with Crippen LogP contribution in [0, 0.1) is 5.82 Å². The summed E-state index contributed by atoms with van der Waals surface area (Å²) in [5.41, 5.74) is 7.95. The summed E-state index contributed by atoms with van der Waals surface area (Å²) >= 11 is 0. The first-order chi connectivity index (χ1) is 9.72. The number of pyridine rings is 1. The van der Waals surface area contributed by atoms with Crippen molar-refractivity contribution in [3.63, 3.8) is 0 Å². The van der Waals surface area contributed by atoms with Crippen molar-refractivity contribution in [3.05, 3.63) is 66.1 Å². The minimum atomic E-state index is -0.369. The molecule has 20 heavy (non-hydrogen) atoms. The van der Waals surface area contributed by atoms with E-state index in [-0.39, 0.29) is 5.82 Å². The fourth-order valence-electron chi connectivity index (χ4n) is 2.03. The van der Waals surface area contributed by atoms with Crippen molar-refractivity contribution in [2.75, 3.05) is 5.73 Å². The Morgan fingerprint density at radius 3 is 2.85 bits per heavy atom. The van der Waals surface area contributed by atoms with Crippen LogP contribution in [0.25, 0.3) is 10.9 Å². The lowest BCUT2D eigenvalue weighted by atomic mass is 10.1. The van der Waals surface area contributed by atoms with Crippen molar-refractivity contribution in [2.24, 2.45) is 0 Å². The van der Waals surface area contributed by atoms with Crippen LogP contribution in [0.4, 0.5) is 10.1 Å². The fourth-order valence-corrected chi connectivity index (χ4v) is 2.03. The van der Waals surface area contributed by atoms with E-state index in [2.05, 4.69) is 4.98 Å². The van der Waals surface area contributed by atoms with Gasteiger partial charge in [0.2, 0.25) is 0 Å². The molecule has 3 rings (SSSR count). The summed E-state index contributed by atoms with van der Waals surface area (Å²) in [5, 5.41) is 1.06. The molecule has 0 atom stereocenters. The van der Waals surface area contributed by atoms with E-state index in [0.717, 1.165) is 16.5 Å². The molecular weight excluding hydrogens is 255 g/mol. The van der Waals surface area contributed by atoms with Crippen molar-refractivity contribution in [1.29, 1.82) is 0 Å². The zero-order valence-corrected chi connectivity index (χ0v) is 10.7. The summed E-state index contributed by atoms with van der Waals surface area (Å²) in [7, 11) is 0. The van der Waals surface area contributed by atoms with Gasteiger partial charge in [-0.15, -0.1) is 0 Å². The zero-order chi connectivity index (χ0) is 13.9. The molecule has 0 amide bonds. The van der Waals surface area contributed by atoms with E-state index in [0.29, 0.717) is 18.0 Å². The number of hydrogen-bond donors (Lipinski definition) is 1. The van der Waals surface area contributed by atoms with Crippen molar-refractivity contribution >= 4 is 16.6 Å². The Labute approximate surface area is 115 Å². The number of nitrogens with zero attached hydrogens (tertiary/aromatic N) is 1. The Morgan fingerprint density at radius 1 is 1.10 bits per heavy atom. The highest BCUT2D eigenvalue weighted by atomic mass is 19.1. The summed E-state index contributed by atoms with van der Waals surface area (Å²) in [6, 6.07) is 13.9. The number of ether oxygens (including phenoxy) is 1. The van der Waals surface area contributed by atoms with Gasteiger partial charge in [-0.1, -0.05) is 12.1 Å². The fraction of sp³-hybridized carbons (Fsp3) is 0.0625. The number of hydrogen-bond acceptors (Lipinski definition) is 3. The van der Waals surface area contributed by atoms with Crippen LogP contribution < -0.4 is 10.5 Å². The molecule has 0 fully saturated rings. The largest absolute Gasteiger partial charge is 0.487 e. The molecule has 0 aliphatic rings. The van der Waals surface area contributed by atoms with Gasteiger partial charge in [-0.05, 0) is 35.9 Å². The van der Waals surface area contributed by atoms with Crippen molar-refractivity contribution in [1.82, 2.24) is 4.98 Å². The highest BCUT2D eigenvalue weighted by Crippen LogP contribution is 2.23. The molecule has 0 aliphatic heterocycles. The van der Waals surface area contributed by atoms with Crippen LogP contribution in [0.1, 0.15) is 5.56 Å². The zero-order valence-electron chi connectivity index (χ0n) is 10.7. The number of anilines is 1. The van der Waals surface area contributed by atoms with Crippen molar-refractivity contribution in [2.45, 2.75) is 6.61 Å². The molecule has 0 spiro atoms. The van der Waals surface area contributed by atoms with Crippen LogP contribution in [0.2, 0.25) is 0 Å². The molecule has 1 heterocycles. The lowest BCUT2D eigenvalue weighted by Crippen LogP contribution is -1.99. The van der Waals surface area contributed by atoms with E-state index in [9.17, 15) is 4.39 Å². The monoisotopic (exact) mass is 268 g/mol. The van der Waals surface area contributed by atoms with E-state index in [4.69, 9.17) is 10.5 Å². The molecular formula is C16H13FN2O. The molecule has 0 radical (unpaired) electrons. The SMILES string of the molecule is Nc1cc(F)ccc1OCc1ccc2ncccc2c1. The van der Waals surface area contributed by atoms with Gasteiger partial charge in [0.15, 0.2) is 0 Å². The quantitative estimate of drug-likeness (QED) is 0.739. The first-order valence-corrected chi connectivity index (χ1v) is 6.24. The second-order valence-corrected chi connectivity index (χ2v) is 4.50. The molecule has 3 nitrogen and oxygen atoms in total. The number of aromatic nitrogens is 1. The van der Waals surface area contributed by atoms with Gasteiger partial charge in [0.1, 0.15) is 18.2 Å².